The van der Waals surface area contributed by atoms with Crippen LogP contribution in [0.4, 0.5) is 22.7 Å². The van der Waals surface area contributed by atoms with Crippen LogP contribution in [-0.4, -0.2) is 5.71 Å². The maximum Gasteiger partial charge on any atom is 0.143 e. The van der Waals surface area contributed by atoms with Crippen molar-refractivity contribution in [2.45, 2.75) is 6.42 Å². The monoisotopic (exact) mass is 728 g/mol. The Balaban J connectivity index is 0.979. The van der Waals surface area contributed by atoms with Gasteiger partial charge >= 0.3 is 0 Å². The van der Waals surface area contributed by atoms with Gasteiger partial charge in [-0.05, 0) is 92.2 Å². The summed E-state index contributed by atoms with van der Waals surface area (Å²) >= 11 is 0. The summed E-state index contributed by atoms with van der Waals surface area (Å²) in [6.07, 6.45) is 0.820. The molecule has 10 aromatic rings. The highest BCUT2D eigenvalue weighted by atomic mass is 16.3. The molecule has 0 fully saturated rings. The van der Waals surface area contributed by atoms with Gasteiger partial charge in [0.25, 0.3) is 0 Å². The van der Waals surface area contributed by atoms with Crippen LogP contribution in [0.5, 0.6) is 0 Å². The molecule has 9 aromatic carbocycles. The Morgan fingerprint density at radius 1 is 0.404 bits per heavy atom. The first kappa shape index (κ1) is 32.9. The molecular weight excluding hydrogens is 693 g/mol. The van der Waals surface area contributed by atoms with Gasteiger partial charge in [-0.25, -0.2) is 0 Å². The molecule has 0 N–H and O–H groups in total. The minimum absolute atomic E-state index is 0.820. The van der Waals surface area contributed by atoms with Gasteiger partial charge in [0.15, 0.2) is 0 Å². The standard InChI is InChI=1S/C54H36N2O/c1-3-11-36(12-4-1)37-21-28-43(29-22-37)56(44-30-23-39(24-31-44)47-18-9-16-38-13-7-8-17-46(38)47)45-32-25-40(26-33-45)48-19-10-20-49-52-51(57-54(48)49)34-27-42-35-50(55-53(42)52)41-14-5-2-6-15-41/h1-34H,35H2. The minimum atomic E-state index is 0.820. The quantitative estimate of drug-likeness (QED) is 0.163. The average Bonchev–Trinajstić information content (AvgIpc) is 3.90. The van der Waals surface area contributed by atoms with Crippen LogP contribution in [0.2, 0.25) is 0 Å². The van der Waals surface area contributed by atoms with Gasteiger partial charge in [0, 0.05) is 34.4 Å². The summed E-state index contributed by atoms with van der Waals surface area (Å²) in [6.45, 7) is 0. The summed E-state index contributed by atoms with van der Waals surface area (Å²) in [7, 11) is 0. The first-order valence-electron chi connectivity index (χ1n) is 19.5. The SMILES string of the molecule is c1ccc(C2=Nc3c(ccc4oc5c(-c6ccc(N(c7ccc(-c8ccccc8)cc7)c7ccc(-c8cccc9ccccc89)cc7)cc6)cccc5c34)C2)cc1. The molecule has 1 aromatic heterocycles. The van der Waals surface area contributed by atoms with Gasteiger partial charge in [0.05, 0.1) is 16.8 Å². The molecule has 0 atom stereocenters. The van der Waals surface area contributed by atoms with Crippen LogP contribution in [-0.2, 0) is 6.42 Å². The zero-order valence-electron chi connectivity index (χ0n) is 31.1. The molecule has 11 rings (SSSR count). The summed E-state index contributed by atoms with van der Waals surface area (Å²) in [5.74, 6) is 0. The zero-order chi connectivity index (χ0) is 37.7. The van der Waals surface area contributed by atoms with Crippen LogP contribution in [0.15, 0.2) is 216 Å². The second kappa shape index (κ2) is 13.7. The smallest absolute Gasteiger partial charge is 0.143 e. The molecule has 0 spiro atoms. The fourth-order valence-electron chi connectivity index (χ4n) is 8.50. The second-order valence-corrected chi connectivity index (χ2v) is 14.7. The van der Waals surface area contributed by atoms with E-state index < -0.39 is 0 Å². The van der Waals surface area contributed by atoms with Crippen molar-refractivity contribution in [3.63, 3.8) is 0 Å². The molecule has 2 heterocycles. The molecule has 0 saturated carbocycles. The number of benzene rings is 9. The van der Waals surface area contributed by atoms with E-state index in [2.05, 4.69) is 205 Å². The second-order valence-electron chi connectivity index (χ2n) is 14.7. The number of furan rings is 1. The van der Waals surface area contributed by atoms with Crippen LogP contribution in [0.3, 0.4) is 0 Å². The van der Waals surface area contributed by atoms with Crippen molar-refractivity contribution in [3.8, 4) is 33.4 Å². The van der Waals surface area contributed by atoms with Crippen molar-refractivity contribution in [1.82, 2.24) is 0 Å². The van der Waals surface area contributed by atoms with E-state index in [1.54, 1.807) is 0 Å². The first-order chi connectivity index (χ1) is 28.2. The number of hydrogen-bond donors (Lipinski definition) is 0. The lowest BCUT2D eigenvalue weighted by Crippen LogP contribution is -2.09. The van der Waals surface area contributed by atoms with Crippen LogP contribution < -0.4 is 4.90 Å². The van der Waals surface area contributed by atoms with Crippen LogP contribution in [0, 0.1) is 0 Å². The Labute approximate surface area is 331 Å². The molecule has 0 unspecified atom stereocenters. The van der Waals surface area contributed by atoms with E-state index in [9.17, 15) is 0 Å². The maximum absolute atomic E-state index is 6.66. The lowest BCUT2D eigenvalue weighted by Gasteiger charge is -2.26. The molecule has 0 bridgehead atoms. The summed E-state index contributed by atoms with van der Waals surface area (Å²) in [6, 6.07) is 73.5. The molecule has 268 valence electrons. The Hall–Kier alpha value is -7.49. The molecule has 0 radical (unpaired) electrons. The normalized spacial score (nSPS) is 12.2. The van der Waals surface area contributed by atoms with E-state index in [0.29, 0.717) is 0 Å². The number of anilines is 3. The van der Waals surface area contributed by atoms with Gasteiger partial charge in [0.2, 0.25) is 0 Å². The van der Waals surface area contributed by atoms with Gasteiger partial charge in [-0.3, -0.25) is 4.99 Å². The molecule has 57 heavy (non-hydrogen) atoms. The lowest BCUT2D eigenvalue weighted by atomic mass is 9.98. The Morgan fingerprint density at radius 3 is 1.63 bits per heavy atom. The predicted octanol–water partition coefficient (Wildman–Crippen LogP) is 14.9. The number of rotatable bonds is 7. The third-order valence-corrected chi connectivity index (χ3v) is 11.3. The highest BCUT2D eigenvalue weighted by Crippen LogP contribution is 2.45. The Bertz CT molecular complexity index is 3100. The van der Waals surface area contributed by atoms with E-state index in [4.69, 9.17) is 9.41 Å². The fourth-order valence-corrected chi connectivity index (χ4v) is 8.50. The Morgan fingerprint density at radius 2 is 0.930 bits per heavy atom. The van der Waals surface area contributed by atoms with Gasteiger partial charge in [-0.2, -0.15) is 0 Å². The number of aliphatic imine (C=N–C) groups is 1. The topological polar surface area (TPSA) is 28.7 Å². The predicted molar refractivity (Wildman–Crippen MR) is 239 cm³/mol. The number of hydrogen-bond acceptors (Lipinski definition) is 3. The molecule has 0 aliphatic carbocycles. The van der Waals surface area contributed by atoms with Crippen molar-refractivity contribution in [3.05, 3.63) is 217 Å². The van der Waals surface area contributed by atoms with E-state index in [-0.39, 0.29) is 0 Å². The lowest BCUT2D eigenvalue weighted by molar-refractivity contribution is 0.670. The molecule has 1 aliphatic rings. The van der Waals surface area contributed by atoms with E-state index in [0.717, 1.165) is 73.5 Å². The summed E-state index contributed by atoms with van der Waals surface area (Å²) in [5.41, 5.74) is 16.5. The molecule has 0 saturated heterocycles. The van der Waals surface area contributed by atoms with Crippen molar-refractivity contribution in [1.29, 1.82) is 0 Å². The zero-order valence-corrected chi connectivity index (χ0v) is 31.1. The van der Waals surface area contributed by atoms with Gasteiger partial charge in [-0.15, -0.1) is 0 Å². The third kappa shape index (κ3) is 5.80. The van der Waals surface area contributed by atoms with Crippen LogP contribution in [0.1, 0.15) is 11.1 Å². The van der Waals surface area contributed by atoms with E-state index in [1.807, 2.05) is 6.07 Å². The largest absolute Gasteiger partial charge is 0.455 e. The van der Waals surface area contributed by atoms with Gasteiger partial charge < -0.3 is 9.32 Å². The molecule has 3 heteroatoms. The van der Waals surface area contributed by atoms with E-state index >= 15 is 0 Å². The number of fused-ring (bicyclic) bond motifs is 6. The van der Waals surface area contributed by atoms with Crippen molar-refractivity contribution < 1.29 is 4.42 Å². The molecule has 3 nitrogen and oxygen atoms in total. The van der Waals surface area contributed by atoms with Crippen molar-refractivity contribution in [2.24, 2.45) is 4.99 Å². The highest BCUT2D eigenvalue weighted by Gasteiger charge is 2.23. The maximum atomic E-state index is 6.66. The van der Waals surface area contributed by atoms with Gasteiger partial charge in [-0.1, -0.05) is 164 Å². The highest BCUT2D eigenvalue weighted by molar-refractivity contribution is 6.18. The van der Waals surface area contributed by atoms with Crippen LogP contribution >= 0.6 is 0 Å². The third-order valence-electron chi connectivity index (χ3n) is 11.3. The molecular formula is C54H36N2O. The van der Waals surface area contributed by atoms with Crippen LogP contribution in [0.25, 0.3) is 66.1 Å². The molecule has 0 amide bonds. The fraction of sp³-hybridized carbons (Fsp3) is 0.0185. The summed E-state index contributed by atoms with van der Waals surface area (Å²) < 4.78 is 6.66. The average molecular weight is 729 g/mol. The summed E-state index contributed by atoms with van der Waals surface area (Å²) in [5, 5.41) is 4.68. The van der Waals surface area contributed by atoms with Crippen molar-refractivity contribution >= 4 is 61.2 Å². The number of para-hydroxylation sites is 1. The number of nitrogens with zero attached hydrogens (tertiary/aromatic N) is 2. The minimum Gasteiger partial charge on any atom is -0.455 e. The Kier molecular flexibility index (Phi) is 7.89. The van der Waals surface area contributed by atoms with E-state index in [1.165, 1.54) is 38.6 Å². The van der Waals surface area contributed by atoms with Crippen molar-refractivity contribution in [2.75, 3.05) is 4.90 Å². The summed E-state index contributed by atoms with van der Waals surface area (Å²) in [4.78, 5) is 7.51. The molecule has 1 aliphatic heterocycles. The van der Waals surface area contributed by atoms with Gasteiger partial charge in [0.1, 0.15) is 11.2 Å². The first-order valence-corrected chi connectivity index (χ1v) is 19.5.